The van der Waals surface area contributed by atoms with Crippen molar-refractivity contribution in [3.8, 4) is 17.2 Å². The number of aliphatic hydroxyl groups excluding tert-OH is 1. The summed E-state index contributed by atoms with van der Waals surface area (Å²) in [6, 6.07) is 4.92. The third-order valence-corrected chi connectivity index (χ3v) is 2.24. The van der Waals surface area contributed by atoms with E-state index >= 15 is 0 Å². The van der Waals surface area contributed by atoms with E-state index < -0.39 is 0 Å². The van der Waals surface area contributed by atoms with Crippen molar-refractivity contribution in [3.63, 3.8) is 0 Å². The Bertz CT molecular complexity index is 494. The standard InChI is InChI=1S/C11H12N2O3/c1-7-6-8(15)2-3-9(7)11-12-10(4-5-14)13-16-11/h2-3,6,14-15H,4-5H2,1H3. The van der Waals surface area contributed by atoms with Crippen molar-refractivity contribution in [1.82, 2.24) is 10.1 Å². The Balaban J connectivity index is 2.35. The Morgan fingerprint density at radius 3 is 2.88 bits per heavy atom. The van der Waals surface area contributed by atoms with Crippen LogP contribution in [0.1, 0.15) is 11.4 Å². The quantitative estimate of drug-likeness (QED) is 0.814. The van der Waals surface area contributed by atoms with Gasteiger partial charge in [0.15, 0.2) is 5.82 Å². The van der Waals surface area contributed by atoms with Crippen molar-refractivity contribution >= 4 is 0 Å². The van der Waals surface area contributed by atoms with Gasteiger partial charge in [-0.2, -0.15) is 4.98 Å². The van der Waals surface area contributed by atoms with E-state index in [-0.39, 0.29) is 12.4 Å². The molecule has 0 radical (unpaired) electrons. The van der Waals surface area contributed by atoms with Crippen LogP contribution in [0.25, 0.3) is 11.5 Å². The maximum Gasteiger partial charge on any atom is 0.258 e. The summed E-state index contributed by atoms with van der Waals surface area (Å²) in [5, 5.41) is 21.7. The fraction of sp³-hybridized carbons (Fsp3) is 0.273. The number of hydrogen-bond acceptors (Lipinski definition) is 5. The van der Waals surface area contributed by atoms with Gasteiger partial charge in [-0.25, -0.2) is 0 Å². The molecule has 84 valence electrons. The average Bonchev–Trinajstić information content (AvgIpc) is 2.67. The van der Waals surface area contributed by atoms with Crippen LogP contribution in [0.3, 0.4) is 0 Å². The molecule has 5 heteroatoms. The van der Waals surface area contributed by atoms with Crippen molar-refractivity contribution in [2.75, 3.05) is 6.61 Å². The van der Waals surface area contributed by atoms with E-state index in [0.717, 1.165) is 11.1 Å². The van der Waals surface area contributed by atoms with Gasteiger partial charge in [-0.1, -0.05) is 5.16 Å². The summed E-state index contributed by atoms with van der Waals surface area (Å²) in [6.45, 7) is 1.85. The zero-order valence-electron chi connectivity index (χ0n) is 8.84. The lowest BCUT2D eigenvalue weighted by molar-refractivity contribution is 0.293. The molecule has 0 aliphatic carbocycles. The smallest absolute Gasteiger partial charge is 0.258 e. The molecule has 5 nitrogen and oxygen atoms in total. The van der Waals surface area contributed by atoms with Crippen LogP contribution < -0.4 is 0 Å². The molecular weight excluding hydrogens is 208 g/mol. The first-order chi connectivity index (χ1) is 7.70. The second-order valence-corrected chi connectivity index (χ2v) is 3.49. The Labute approximate surface area is 92.4 Å². The van der Waals surface area contributed by atoms with Crippen molar-refractivity contribution in [2.24, 2.45) is 0 Å². The summed E-state index contributed by atoms with van der Waals surface area (Å²) in [5.41, 5.74) is 1.65. The molecule has 0 atom stereocenters. The zero-order valence-corrected chi connectivity index (χ0v) is 8.84. The Morgan fingerprint density at radius 1 is 1.38 bits per heavy atom. The minimum Gasteiger partial charge on any atom is -0.508 e. The maximum absolute atomic E-state index is 9.27. The molecule has 0 aliphatic rings. The van der Waals surface area contributed by atoms with E-state index in [9.17, 15) is 5.11 Å². The first-order valence-corrected chi connectivity index (χ1v) is 4.94. The number of phenols is 1. The molecule has 0 amide bonds. The third-order valence-electron chi connectivity index (χ3n) is 2.24. The predicted octanol–water partition coefficient (Wildman–Crippen LogP) is 1.29. The van der Waals surface area contributed by atoms with Gasteiger partial charge in [0, 0.05) is 12.0 Å². The zero-order chi connectivity index (χ0) is 11.5. The normalized spacial score (nSPS) is 10.6. The van der Waals surface area contributed by atoms with E-state index in [4.69, 9.17) is 9.63 Å². The van der Waals surface area contributed by atoms with Crippen molar-refractivity contribution in [3.05, 3.63) is 29.6 Å². The highest BCUT2D eigenvalue weighted by Gasteiger charge is 2.10. The second kappa shape index (κ2) is 4.32. The van der Waals surface area contributed by atoms with Crippen LogP contribution in [0.2, 0.25) is 0 Å². The molecule has 0 saturated carbocycles. The third kappa shape index (κ3) is 2.04. The van der Waals surface area contributed by atoms with Crippen LogP contribution in [0, 0.1) is 6.92 Å². The second-order valence-electron chi connectivity index (χ2n) is 3.49. The molecule has 2 aromatic rings. The van der Waals surface area contributed by atoms with E-state index in [0.29, 0.717) is 18.1 Å². The molecule has 1 heterocycles. The number of aromatic nitrogens is 2. The Hall–Kier alpha value is -1.88. The molecule has 0 unspecified atom stereocenters. The van der Waals surface area contributed by atoms with Crippen LogP contribution in [-0.2, 0) is 6.42 Å². The Morgan fingerprint density at radius 2 is 2.19 bits per heavy atom. The number of hydrogen-bond donors (Lipinski definition) is 2. The van der Waals surface area contributed by atoms with Crippen molar-refractivity contribution in [1.29, 1.82) is 0 Å². The van der Waals surface area contributed by atoms with E-state index in [1.807, 2.05) is 6.92 Å². The fourth-order valence-corrected chi connectivity index (χ4v) is 1.45. The largest absolute Gasteiger partial charge is 0.508 e. The molecule has 1 aromatic heterocycles. The van der Waals surface area contributed by atoms with Crippen molar-refractivity contribution < 1.29 is 14.7 Å². The van der Waals surface area contributed by atoms with Gasteiger partial charge < -0.3 is 14.7 Å². The highest BCUT2D eigenvalue weighted by Crippen LogP contribution is 2.24. The van der Waals surface area contributed by atoms with Gasteiger partial charge in [-0.3, -0.25) is 0 Å². The van der Waals surface area contributed by atoms with E-state index in [2.05, 4.69) is 10.1 Å². The first kappa shape index (κ1) is 10.6. The predicted molar refractivity (Wildman–Crippen MR) is 56.9 cm³/mol. The van der Waals surface area contributed by atoms with E-state index in [1.165, 1.54) is 0 Å². The minimum atomic E-state index is -0.00642. The summed E-state index contributed by atoms with van der Waals surface area (Å²) >= 11 is 0. The van der Waals surface area contributed by atoms with Gasteiger partial charge in [0.05, 0.1) is 6.61 Å². The van der Waals surface area contributed by atoms with Crippen LogP contribution in [0.4, 0.5) is 0 Å². The molecule has 2 N–H and O–H groups in total. The molecule has 1 aromatic carbocycles. The fourth-order valence-electron chi connectivity index (χ4n) is 1.45. The van der Waals surface area contributed by atoms with Gasteiger partial charge in [0.1, 0.15) is 5.75 Å². The van der Waals surface area contributed by atoms with Crippen LogP contribution in [-0.4, -0.2) is 27.0 Å². The van der Waals surface area contributed by atoms with Crippen LogP contribution in [0.15, 0.2) is 22.7 Å². The summed E-state index contributed by atoms with van der Waals surface area (Å²) in [6.07, 6.45) is 0.376. The molecule has 0 spiro atoms. The van der Waals surface area contributed by atoms with Crippen molar-refractivity contribution in [2.45, 2.75) is 13.3 Å². The summed E-state index contributed by atoms with van der Waals surface area (Å²) in [5.74, 6) is 1.09. The molecule has 2 rings (SSSR count). The number of benzene rings is 1. The van der Waals surface area contributed by atoms with Gasteiger partial charge in [0.2, 0.25) is 0 Å². The minimum absolute atomic E-state index is 0.00642. The topological polar surface area (TPSA) is 79.4 Å². The number of aliphatic hydroxyl groups is 1. The lowest BCUT2D eigenvalue weighted by Gasteiger charge is -2.00. The molecule has 0 aliphatic heterocycles. The van der Waals surface area contributed by atoms with Crippen LogP contribution in [0.5, 0.6) is 5.75 Å². The number of aryl methyl sites for hydroxylation is 1. The van der Waals surface area contributed by atoms with Gasteiger partial charge in [-0.05, 0) is 30.7 Å². The van der Waals surface area contributed by atoms with Gasteiger partial charge in [-0.15, -0.1) is 0 Å². The Kier molecular flexibility index (Phi) is 2.87. The van der Waals surface area contributed by atoms with Gasteiger partial charge >= 0.3 is 0 Å². The summed E-state index contributed by atoms with van der Waals surface area (Å²) in [4.78, 5) is 4.14. The maximum atomic E-state index is 9.27. The summed E-state index contributed by atoms with van der Waals surface area (Å²) < 4.78 is 5.07. The molecule has 0 saturated heterocycles. The molecule has 16 heavy (non-hydrogen) atoms. The first-order valence-electron chi connectivity index (χ1n) is 4.94. The number of rotatable bonds is 3. The SMILES string of the molecule is Cc1cc(O)ccc1-c1nc(CCO)no1. The average molecular weight is 220 g/mol. The number of phenolic OH excluding ortho intramolecular Hbond substituents is 1. The lowest BCUT2D eigenvalue weighted by atomic mass is 10.1. The van der Waals surface area contributed by atoms with E-state index in [1.54, 1.807) is 18.2 Å². The highest BCUT2D eigenvalue weighted by molar-refractivity contribution is 5.59. The molecular formula is C11H12N2O3. The van der Waals surface area contributed by atoms with Gasteiger partial charge in [0.25, 0.3) is 5.89 Å². The number of nitrogens with zero attached hydrogens (tertiary/aromatic N) is 2. The number of aromatic hydroxyl groups is 1. The summed E-state index contributed by atoms with van der Waals surface area (Å²) in [7, 11) is 0. The molecule has 0 bridgehead atoms. The lowest BCUT2D eigenvalue weighted by Crippen LogP contribution is -1.92. The monoisotopic (exact) mass is 220 g/mol. The molecule has 0 fully saturated rings. The van der Waals surface area contributed by atoms with Crippen LogP contribution >= 0.6 is 0 Å². The highest BCUT2D eigenvalue weighted by atomic mass is 16.5.